The summed E-state index contributed by atoms with van der Waals surface area (Å²) >= 11 is 5.03. The topological polar surface area (TPSA) is 154 Å². The number of alkyl carbamates (subject to hydrolysis) is 1. The van der Waals surface area contributed by atoms with Crippen LogP contribution in [0.25, 0.3) is 11.1 Å². The maximum absolute atomic E-state index is 14.6. The van der Waals surface area contributed by atoms with E-state index in [1.165, 1.54) is 4.90 Å². The van der Waals surface area contributed by atoms with Crippen molar-refractivity contribution in [1.29, 1.82) is 0 Å². The lowest BCUT2D eigenvalue weighted by Crippen LogP contribution is -2.52. The molecule has 55 heavy (non-hydrogen) atoms. The number of para-hydroxylation sites is 2. The number of nitrogens with two attached hydrogens (primary N) is 1. The number of oxazole rings is 1. The van der Waals surface area contributed by atoms with Gasteiger partial charge >= 0.3 is 6.09 Å². The number of fused-ring (bicyclic) bond motifs is 1. The molecule has 0 bridgehead atoms. The van der Waals surface area contributed by atoms with E-state index < -0.39 is 36.1 Å². The number of nitrogens with one attached hydrogen (secondary N) is 1. The van der Waals surface area contributed by atoms with Gasteiger partial charge in [-0.3, -0.25) is 14.4 Å². The average molecular weight is 830 g/mol. The van der Waals surface area contributed by atoms with E-state index in [2.05, 4.69) is 26.2 Å². The van der Waals surface area contributed by atoms with E-state index in [0.29, 0.717) is 49.9 Å². The van der Waals surface area contributed by atoms with Crippen molar-refractivity contribution >= 4 is 61.9 Å². The molecule has 1 aliphatic heterocycles. The fraction of sp³-hybridized carbons (Fsp3) is 0.357. The summed E-state index contributed by atoms with van der Waals surface area (Å²) in [4.78, 5) is 63.0. The van der Waals surface area contributed by atoms with Gasteiger partial charge in [-0.1, -0.05) is 79.2 Å². The largest absolute Gasteiger partial charge is 0.445 e. The quantitative estimate of drug-likeness (QED) is 0.0631. The monoisotopic (exact) mass is 828 g/mol. The summed E-state index contributed by atoms with van der Waals surface area (Å²) in [5.74, 6) is -1.83. The summed E-state index contributed by atoms with van der Waals surface area (Å²) in [6, 6.07) is 26.2. The molecule has 1 aliphatic rings. The van der Waals surface area contributed by atoms with Gasteiger partial charge in [0, 0.05) is 40.0 Å². The van der Waals surface area contributed by atoms with Crippen LogP contribution >= 0.6 is 27.3 Å². The van der Waals surface area contributed by atoms with Gasteiger partial charge in [-0.15, -0.1) is 11.3 Å². The van der Waals surface area contributed by atoms with Gasteiger partial charge in [0.15, 0.2) is 11.4 Å². The molecule has 288 valence electrons. The number of hydrogen-bond donors (Lipinski definition) is 2. The molecule has 13 heteroatoms. The summed E-state index contributed by atoms with van der Waals surface area (Å²) in [5, 5.41) is 4.77. The Kier molecular flexibility index (Phi) is 14.4. The number of aryl methyl sites for hydroxylation is 1. The van der Waals surface area contributed by atoms with Crippen molar-refractivity contribution in [2.75, 3.05) is 13.1 Å². The standard InChI is InChI=1S/C42H45BrN4O7S/c43-31-22-33(55-27-31)26-52-32-23-36(37(48)21-30(15-9-10-20-44)39(49)40-45-34-16-7-8-17-38(34)54-40)47(24-32)41(50)35(19-18-28-11-3-1-4-12-28)46-42(51)53-25-29-13-5-2-6-14-29/h1-8,11-14,16-17,22,27,30,32,35-36H,9-10,15,18-21,23-26,44H2,(H,46,51)/t30-,32-,35-,36+/m1/s1. The summed E-state index contributed by atoms with van der Waals surface area (Å²) in [6.07, 6.45) is 1.42. The van der Waals surface area contributed by atoms with Gasteiger partial charge in [0.25, 0.3) is 5.89 Å². The molecule has 2 amide bonds. The highest BCUT2D eigenvalue weighted by molar-refractivity contribution is 9.10. The number of ketones is 2. The Labute approximate surface area is 332 Å². The molecular weight excluding hydrogens is 784 g/mol. The van der Waals surface area contributed by atoms with E-state index >= 15 is 0 Å². The average Bonchev–Trinajstić information content (AvgIpc) is 3.96. The number of likely N-dealkylation sites (tertiary alicyclic amines) is 1. The van der Waals surface area contributed by atoms with E-state index in [9.17, 15) is 19.2 Å². The molecule has 5 aromatic rings. The molecule has 0 radical (unpaired) electrons. The molecule has 0 saturated carbocycles. The highest BCUT2D eigenvalue weighted by atomic mass is 79.9. The number of halogens is 1. The molecule has 0 aliphatic carbocycles. The van der Waals surface area contributed by atoms with Gasteiger partial charge in [0.1, 0.15) is 18.2 Å². The second-order valence-corrected chi connectivity index (χ2v) is 15.6. The van der Waals surface area contributed by atoms with Crippen LogP contribution in [0.5, 0.6) is 0 Å². The Hall–Kier alpha value is -4.69. The normalized spacial score (nSPS) is 16.5. The van der Waals surface area contributed by atoms with Gasteiger partial charge in [-0.05, 0) is 77.5 Å². The van der Waals surface area contributed by atoms with Crippen molar-refractivity contribution in [3.63, 3.8) is 0 Å². The number of hydrogen-bond acceptors (Lipinski definition) is 10. The van der Waals surface area contributed by atoms with Crippen LogP contribution in [0, 0.1) is 5.92 Å². The van der Waals surface area contributed by atoms with E-state index in [1.807, 2.05) is 78.2 Å². The first-order chi connectivity index (χ1) is 26.8. The zero-order valence-electron chi connectivity index (χ0n) is 30.4. The molecule has 6 rings (SSSR count). The third-order valence-electron chi connectivity index (χ3n) is 9.70. The minimum absolute atomic E-state index is 0.0332. The van der Waals surface area contributed by atoms with E-state index in [4.69, 9.17) is 19.6 Å². The highest BCUT2D eigenvalue weighted by Gasteiger charge is 2.43. The van der Waals surface area contributed by atoms with Gasteiger partial charge in [0.05, 0.1) is 18.8 Å². The number of amides is 2. The minimum Gasteiger partial charge on any atom is -0.445 e. The number of rotatable bonds is 19. The van der Waals surface area contributed by atoms with Gasteiger partial charge in [-0.25, -0.2) is 9.78 Å². The first-order valence-electron chi connectivity index (χ1n) is 18.6. The number of nitrogens with zero attached hydrogens (tertiary/aromatic N) is 2. The lowest BCUT2D eigenvalue weighted by molar-refractivity contribution is -0.139. The van der Waals surface area contributed by atoms with Gasteiger partial charge in [-0.2, -0.15) is 0 Å². The molecular formula is C42H45BrN4O7S. The molecule has 0 spiro atoms. The zero-order chi connectivity index (χ0) is 38.6. The fourth-order valence-corrected chi connectivity index (χ4v) is 8.18. The third kappa shape index (κ3) is 11.2. The predicted molar refractivity (Wildman–Crippen MR) is 213 cm³/mol. The molecule has 3 heterocycles. The van der Waals surface area contributed by atoms with Crippen molar-refractivity contribution in [3.05, 3.63) is 123 Å². The van der Waals surface area contributed by atoms with Crippen LogP contribution in [0.15, 0.2) is 105 Å². The number of unbranched alkanes of at least 4 members (excludes halogenated alkanes) is 1. The minimum atomic E-state index is -0.993. The van der Waals surface area contributed by atoms with Crippen molar-refractivity contribution in [3.8, 4) is 0 Å². The molecule has 11 nitrogen and oxygen atoms in total. The van der Waals surface area contributed by atoms with E-state index in [1.54, 1.807) is 29.5 Å². The summed E-state index contributed by atoms with van der Waals surface area (Å²) in [5.41, 5.74) is 8.63. The molecule has 3 N–H and O–H groups in total. The highest BCUT2D eigenvalue weighted by Crippen LogP contribution is 2.30. The molecule has 4 atom stereocenters. The summed E-state index contributed by atoms with van der Waals surface area (Å²) in [7, 11) is 0. The van der Waals surface area contributed by atoms with Gasteiger partial charge < -0.3 is 29.8 Å². The third-order valence-corrected chi connectivity index (χ3v) is 11.4. The van der Waals surface area contributed by atoms with Crippen LogP contribution < -0.4 is 11.1 Å². The number of benzene rings is 3. The van der Waals surface area contributed by atoms with Crippen molar-refractivity contribution in [2.24, 2.45) is 11.7 Å². The second kappa shape index (κ2) is 19.8. The molecule has 1 fully saturated rings. The smallest absolute Gasteiger partial charge is 0.408 e. The fourth-order valence-electron chi connectivity index (χ4n) is 6.81. The number of carbonyl (C=O) groups is 4. The number of ether oxygens (including phenoxy) is 2. The van der Waals surface area contributed by atoms with E-state index in [0.717, 1.165) is 20.5 Å². The number of aromatic nitrogens is 1. The van der Waals surface area contributed by atoms with Gasteiger partial charge in [0.2, 0.25) is 11.7 Å². The van der Waals surface area contributed by atoms with Crippen LogP contribution in [-0.4, -0.2) is 64.7 Å². The first kappa shape index (κ1) is 40.0. The maximum Gasteiger partial charge on any atom is 0.408 e. The Morgan fingerprint density at radius 1 is 0.945 bits per heavy atom. The molecule has 0 unspecified atom stereocenters. The maximum atomic E-state index is 14.6. The Morgan fingerprint density at radius 2 is 1.67 bits per heavy atom. The second-order valence-electron chi connectivity index (χ2n) is 13.7. The van der Waals surface area contributed by atoms with Crippen LogP contribution in [-0.2, 0) is 38.7 Å². The Morgan fingerprint density at radius 3 is 2.38 bits per heavy atom. The predicted octanol–water partition coefficient (Wildman–Crippen LogP) is 7.65. The first-order valence-corrected chi connectivity index (χ1v) is 20.2. The van der Waals surface area contributed by atoms with Crippen molar-refractivity contribution in [2.45, 2.75) is 76.3 Å². The number of thiophene rings is 1. The van der Waals surface area contributed by atoms with Crippen molar-refractivity contribution < 1.29 is 33.1 Å². The molecule has 2 aromatic heterocycles. The Balaban J connectivity index is 1.23. The molecule has 1 saturated heterocycles. The SMILES string of the molecule is NCCCC[C@H](CC(=O)[C@@H]1C[C@@H](OCc2cc(Br)cs2)CN1C(=O)[C@@H](CCc1ccccc1)NC(=O)OCc1ccccc1)C(=O)c1nc2ccccc2o1. The van der Waals surface area contributed by atoms with E-state index in [-0.39, 0.29) is 49.9 Å². The number of Topliss-reactive ketones (excluding diaryl/α,β-unsaturated/α-hetero) is 2. The lowest BCUT2D eigenvalue weighted by atomic mass is 9.89. The number of carbonyl (C=O) groups excluding carboxylic acids is 4. The van der Waals surface area contributed by atoms with Crippen molar-refractivity contribution in [1.82, 2.24) is 15.2 Å². The Bertz CT molecular complexity index is 2010. The van der Waals surface area contributed by atoms with Crippen LogP contribution in [0.2, 0.25) is 0 Å². The molecule has 3 aromatic carbocycles. The van der Waals surface area contributed by atoms with Crippen LogP contribution in [0.4, 0.5) is 4.79 Å². The summed E-state index contributed by atoms with van der Waals surface area (Å²) < 4.78 is 18.6. The zero-order valence-corrected chi connectivity index (χ0v) is 32.8. The lowest BCUT2D eigenvalue weighted by Gasteiger charge is -2.29. The summed E-state index contributed by atoms with van der Waals surface area (Å²) in [6.45, 7) is 0.934. The van der Waals surface area contributed by atoms with Crippen LogP contribution in [0.3, 0.4) is 0 Å². The van der Waals surface area contributed by atoms with Crippen LogP contribution in [0.1, 0.15) is 65.2 Å².